The first-order valence-corrected chi connectivity index (χ1v) is 10.6. The predicted molar refractivity (Wildman–Crippen MR) is 116 cm³/mol. The summed E-state index contributed by atoms with van der Waals surface area (Å²) in [6.07, 6.45) is 3.98. The van der Waals surface area contributed by atoms with Gasteiger partial charge in [0, 0.05) is 23.7 Å². The van der Waals surface area contributed by atoms with Gasteiger partial charge in [0.05, 0.1) is 5.56 Å². The average Bonchev–Trinajstić information content (AvgIpc) is 2.78. The standard InChI is InChI=1S/C25H29NO4/c1-4-19-9-7-8-14-26(19)23(27)16-30-25(29)21-11-6-5-10-20(21)24(28)22-15-17(2)12-13-18(22)3/h5-6,10-13,15,19H,4,7-9,14,16H2,1-3H3/t19-/m1/s1. The highest BCUT2D eigenvalue weighted by atomic mass is 16.5. The Kier molecular flexibility index (Phi) is 7.03. The van der Waals surface area contributed by atoms with Crippen molar-refractivity contribution in [3.8, 4) is 0 Å². The van der Waals surface area contributed by atoms with E-state index in [1.165, 1.54) is 0 Å². The van der Waals surface area contributed by atoms with Gasteiger partial charge >= 0.3 is 5.97 Å². The predicted octanol–water partition coefficient (Wildman–Crippen LogP) is 4.48. The second-order valence-electron chi connectivity index (χ2n) is 7.91. The van der Waals surface area contributed by atoms with Crippen LogP contribution in [0, 0.1) is 13.8 Å². The summed E-state index contributed by atoms with van der Waals surface area (Å²) in [5, 5.41) is 0. The van der Waals surface area contributed by atoms with Crippen LogP contribution in [-0.2, 0) is 9.53 Å². The van der Waals surface area contributed by atoms with Crippen molar-refractivity contribution in [3.63, 3.8) is 0 Å². The van der Waals surface area contributed by atoms with Gasteiger partial charge in [-0.2, -0.15) is 0 Å². The van der Waals surface area contributed by atoms with Crippen LogP contribution in [0.4, 0.5) is 0 Å². The SMILES string of the molecule is CC[C@@H]1CCCCN1C(=O)COC(=O)c1ccccc1C(=O)c1cc(C)ccc1C. The number of piperidine rings is 1. The molecule has 1 heterocycles. The van der Waals surface area contributed by atoms with Gasteiger partial charge in [-0.05, 0) is 57.2 Å². The van der Waals surface area contributed by atoms with E-state index in [2.05, 4.69) is 6.92 Å². The van der Waals surface area contributed by atoms with E-state index in [9.17, 15) is 14.4 Å². The van der Waals surface area contributed by atoms with Crippen LogP contribution in [0.2, 0.25) is 0 Å². The van der Waals surface area contributed by atoms with Gasteiger partial charge in [-0.1, -0.05) is 42.8 Å². The Balaban J connectivity index is 1.75. The number of aryl methyl sites for hydroxylation is 2. The molecule has 3 rings (SSSR count). The van der Waals surface area contributed by atoms with E-state index in [0.717, 1.165) is 36.8 Å². The third kappa shape index (κ3) is 4.78. The van der Waals surface area contributed by atoms with Gasteiger partial charge in [-0.25, -0.2) is 4.79 Å². The number of benzene rings is 2. The molecular formula is C25H29NO4. The lowest BCUT2D eigenvalue weighted by Gasteiger charge is -2.35. The van der Waals surface area contributed by atoms with Crippen molar-refractivity contribution in [1.29, 1.82) is 0 Å². The molecular weight excluding hydrogens is 378 g/mol. The lowest BCUT2D eigenvalue weighted by molar-refractivity contribution is -0.138. The van der Waals surface area contributed by atoms with Crippen LogP contribution in [0.25, 0.3) is 0 Å². The van der Waals surface area contributed by atoms with E-state index in [-0.39, 0.29) is 35.5 Å². The maximum Gasteiger partial charge on any atom is 0.339 e. The lowest BCUT2D eigenvalue weighted by atomic mass is 9.94. The molecule has 1 saturated heterocycles. The molecule has 2 aromatic carbocycles. The Morgan fingerprint density at radius 1 is 1.00 bits per heavy atom. The van der Waals surface area contributed by atoms with Gasteiger partial charge in [-0.15, -0.1) is 0 Å². The molecule has 1 amide bonds. The van der Waals surface area contributed by atoms with Crippen molar-refractivity contribution in [3.05, 3.63) is 70.3 Å². The molecule has 158 valence electrons. The van der Waals surface area contributed by atoms with Crippen LogP contribution in [0.3, 0.4) is 0 Å². The fourth-order valence-corrected chi connectivity index (χ4v) is 4.03. The number of likely N-dealkylation sites (tertiary alicyclic amines) is 1. The normalized spacial score (nSPS) is 16.2. The monoisotopic (exact) mass is 407 g/mol. The molecule has 1 aliphatic rings. The molecule has 0 bridgehead atoms. The molecule has 0 saturated carbocycles. The summed E-state index contributed by atoms with van der Waals surface area (Å²) in [7, 11) is 0. The first kappa shape index (κ1) is 21.8. The minimum atomic E-state index is -0.650. The van der Waals surface area contributed by atoms with E-state index >= 15 is 0 Å². The number of hydrogen-bond acceptors (Lipinski definition) is 4. The highest BCUT2D eigenvalue weighted by Crippen LogP contribution is 2.21. The first-order valence-electron chi connectivity index (χ1n) is 10.6. The molecule has 0 unspecified atom stereocenters. The maximum atomic E-state index is 13.1. The van der Waals surface area contributed by atoms with E-state index in [1.807, 2.05) is 36.9 Å². The molecule has 1 fully saturated rings. The Bertz CT molecular complexity index is 950. The Labute approximate surface area is 178 Å². The Morgan fingerprint density at radius 3 is 2.47 bits per heavy atom. The van der Waals surface area contributed by atoms with Gasteiger partial charge in [0.25, 0.3) is 5.91 Å². The van der Waals surface area contributed by atoms with E-state index < -0.39 is 5.97 Å². The van der Waals surface area contributed by atoms with Gasteiger partial charge < -0.3 is 9.64 Å². The summed E-state index contributed by atoms with van der Waals surface area (Å²) >= 11 is 0. The van der Waals surface area contributed by atoms with Crippen molar-refractivity contribution >= 4 is 17.7 Å². The highest BCUT2D eigenvalue weighted by molar-refractivity contribution is 6.15. The number of ether oxygens (including phenoxy) is 1. The van der Waals surface area contributed by atoms with Crippen LogP contribution in [0.1, 0.15) is 70.0 Å². The molecule has 5 heteroatoms. The van der Waals surface area contributed by atoms with E-state index in [0.29, 0.717) is 12.1 Å². The first-order chi connectivity index (χ1) is 14.4. The molecule has 1 aliphatic heterocycles. The molecule has 5 nitrogen and oxygen atoms in total. The second-order valence-corrected chi connectivity index (χ2v) is 7.91. The summed E-state index contributed by atoms with van der Waals surface area (Å²) in [6.45, 7) is 6.26. The molecule has 0 spiro atoms. The topological polar surface area (TPSA) is 63.7 Å². The van der Waals surface area contributed by atoms with Crippen molar-refractivity contribution in [1.82, 2.24) is 4.90 Å². The highest BCUT2D eigenvalue weighted by Gasteiger charge is 2.27. The summed E-state index contributed by atoms with van der Waals surface area (Å²) in [5.74, 6) is -1.05. The molecule has 0 N–H and O–H groups in total. The third-order valence-electron chi connectivity index (χ3n) is 5.77. The molecule has 1 atom stereocenters. The number of ketones is 1. The van der Waals surface area contributed by atoms with Crippen molar-refractivity contribution in [2.75, 3.05) is 13.2 Å². The van der Waals surface area contributed by atoms with Gasteiger partial charge in [-0.3, -0.25) is 9.59 Å². The van der Waals surface area contributed by atoms with Crippen molar-refractivity contribution < 1.29 is 19.1 Å². The second kappa shape index (κ2) is 9.70. The summed E-state index contributed by atoms with van der Waals surface area (Å²) < 4.78 is 5.33. The number of carbonyl (C=O) groups excluding carboxylic acids is 3. The van der Waals surface area contributed by atoms with Crippen molar-refractivity contribution in [2.45, 2.75) is 52.5 Å². The Hall–Kier alpha value is -2.95. The zero-order valence-corrected chi connectivity index (χ0v) is 17.9. The number of esters is 1. The molecule has 0 radical (unpaired) electrons. The smallest absolute Gasteiger partial charge is 0.339 e. The van der Waals surface area contributed by atoms with Crippen LogP contribution in [0.15, 0.2) is 42.5 Å². The number of hydrogen-bond donors (Lipinski definition) is 0. The minimum absolute atomic E-state index is 0.173. The number of rotatable bonds is 6. The van der Waals surface area contributed by atoms with Crippen LogP contribution in [0.5, 0.6) is 0 Å². The fourth-order valence-electron chi connectivity index (χ4n) is 4.03. The van der Waals surface area contributed by atoms with Gasteiger partial charge in [0.15, 0.2) is 12.4 Å². The van der Waals surface area contributed by atoms with Crippen LogP contribution < -0.4 is 0 Å². The molecule has 0 aliphatic carbocycles. The van der Waals surface area contributed by atoms with Crippen molar-refractivity contribution in [2.24, 2.45) is 0 Å². The average molecular weight is 408 g/mol. The number of carbonyl (C=O) groups is 3. The molecule has 0 aromatic heterocycles. The lowest BCUT2D eigenvalue weighted by Crippen LogP contribution is -2.45. The Morgan fingerprint density at radius 2 is 1.73 bits per heavy atom. The summed E-state index contributed by atoms with van der Waals surface area (Å²) in [6, 6.07) is 12.5. The zero-order chi connectivity index (χ0) is 21.7. The van der Waals surface area contributed by atoms with E-state index in [1.54, 1.807) is 24.3 Å². The largest absolute Gasteiger partial charge is 0.452 e. The minimum Gasteiger partial charge on any atom is -0.452 e. The third-order valence-corrected chi connectivity index (χ3v) is 5.77. The number of amides is 1. The summed E-state index contributed by atoms with van der Waals surface area (Å²) in [5.41, 5.74) is 2.85. The quantitative estimate of drug-likeness (QED) is 0.523. The van der Waals surface area contributed by atoms with Gasteiger partial charge in [0.1, 0.15) is 0 Å². The number of nitrogens with zero attached hydrogens (tertiary/aromatic N) is 1. The fraction of sp³-hybridized carbons (Fsp3) is 0.400. The maximum absolute atomic E-state index is 13.1. The molecule has 30 heavy (non-hydrogen) atoms. The summed E-state index contributed by atoms with van der Waals surface area (Å²) in [4.78, 5) is 40.3. The van der Waals surface area contributed by atoms with Gasteiger partial charge in [0.2, 0.25) is 0 Å². The zero-order valence-electron chi connectivity index (χ0n) is 17.9. The van der Waals surface area contributed by atoms with Crippen LogP contribution in [-0.4, -0.2) is 41.8 Å². The van der Waals surface area contributed by atoms with E-state index in [4.69, 9.17) is 4.74 Å². The van der Waals surface area contributed by atoms with Crippen LogP contribution >= 0.6 is 0 Å². The molecule has 2 aromatic rings.